The fourth-order valence-corrected chi connectivity index (χ4v) is 0.416. The summed E-state index contributed by atoms with van der Waals surface area (Å²) in [6.45, 7) is 5.48. The van der Waals surface area contributed by atoms with Crippen LogP contribution in [0.25, 0.3) is 0 Å². The molecule has 0 heterocycles. The van der Waals surface area contributed by atoms with Crippen LogP contribution in [0.4, 0.5) is 0 Å². The van der Waals surface area contributed by atoms with Crippen LogP contribution in [0.5, 0.6) is 0 Å². The van der Waals surface area contributed by atoms with E-state index in [4.69, 9.17) is 0 Å². The molecule has 2 heteroatoms. The Morgan fingerprint density at radius 2 is 2.00 bits per heavy atom. The standard InChI is InChI=1S/C7H13NO/c1-6(2)5-7(9)8(3)4/h1,5H2,2-4H3. The number of hydrogen-bond acceptors (Lipinski definition) is 1. The Morgan fingerprint density at radius 3 is 2.11 bits per heavy atom. The molecule has 0 aliphatic heterocycles. The highest BCUT2D eigenvalue weighted by molar-refractivity contribution is 5.77. The van der Waals surface area contributed by atoms with Gasteiger partial charge in [-0.2, -0.15) is 0 Å². The van der Waals surface area contributed by atoms with Crippen molar-refractivity contribution < 1.29 is 4.79 Å². The highest BCUT2D eigenvalue weighted by atomic mass is 16.2. The van der Waals surface area contributed by atoms with E-state index in [1.807, 2.05) is 6.92 Å². The Labute approximate surface area is 56.2 Å². The van der Waals surface area contributed by atoms with Gasteiger partial charge in [0.15, 0.2) is 0 Å². The van der Waals surface area contributed by atoms with Crippen molar-refractivity contribution in [2.75, 3.05) is 14.1 Å². The lowest BCUT2D eigenvalue weighted by molar-refractivity contribution is -0.127. The Bertz CT molecular complexity index is 127. The number of amides is 1. The van der Waals surface area contributed by atoms with Crippen LogP contribution in [-0.4, -0.2) is 24.9 Å². The van der Waals surface area contributed by atoms with Crippen LogP contribution in [0, 0.1) is 0 Å². The molecule has 0 fully saturated rings. The molecular weight excluding hydrogens is 114 g/mol. The molecular formula is C7H13NO. The third-order valence-electron chi connectivity index (χ3n) is 0.952. The second kappa shape index (κ2) is 3.28. The normalized spacial score (nSPS) is 8.78. The Morgan fingerprint density at radius 1 is 1.56 bits per heavy atom. The smallest absolute Gasteiger partial charge is 0.226 e. The van der Waals surface area contributed by atoms with Crippen molar-refractivity contribution in [3.63, 3.8) is 0 Å². The lowest BCUT2D eigenvalue weighted by atomic mass is 10.2. The molecule has 0 bridgehead atoms. The van der Waals surface area contributed by atoms with E-state index in [0.29, 0.717) is 6.42 Å². The van der Waals surface area contributed by atoms with Gasteiger partial charge in [0.2, 0.25) is 5.91 Å². The molecule has 1 amide bonds. The predicted molar refractivity (Wildman–Crippen MR) is 38.1 cm³/mol. The fourth-order valence-electron chi connectivity index (χ4n) is 0.416. The fraction of sp³-hybridized carbons (Fsp3) is 0.571. The molecule has 0 saturated heterocycles. The van der Waals surface area contributed by atoms with Crippen molar-refractivity contribution in [1.29, 1.82) is 0 Å². The van der Waals surface area contributed by atoms with Gasteiger partial charge in [-0.05, 0) is 6.92 Å². The summed E-state index contributed by atoms with van der Waals surface area (Å²) in [5, 5.41) is 0. The van der Waals surface area contributed by atoms with Crippen molar-refractivity contribution in [2.24, 2.45) is 0 Å². The summed E-state index contributed by atoms with van der Waals surface area (Å²) >= 11 is 0. The summed E-state index contributed by atoms with van der Waals surface area (Å²) in [5.74, 6) is 0.113. The third-order valence-corrected chi connectivity index (χ3v) is 0.952. The minimum Gasteiger partial charge on any atom is -0.349 e. The molecule has 2 nitrogen and oxygen atoms in total. The van der Waals surface area contributed by atoms with Crippen LogP contribution in [0.2, 0.25) is 0 Å². The number of carbonyl (C=O) groups excluding carboxylic acids is 1. The van der Waals surface area contributed by atoms with Crippen molar-refractivity contribution in [2.45, 2.75) is 13.3 Å². The summed E-state index contributed by atoms with van der Waals surface area (Å²) in [7, 11) is 3.48. The van der Waals surface area contributed by atoms with E-state index in [2.05, 4.69) is 6.58 Å². The van der Waals surface area contributed by atoms with Crippen molar-refractivity contribution in [3.8, 4) is 0 Å². The van der Waals surface area contributed by atoms with Gasteiger partial charge in [-0.1, -0.05) is 12.2 Å². The molecule has 52 valence electrons. The summed E-state index contributed by atoms with van der Waals surface area (Å²) in [6, 6.07) is 0. The Hall–Kier alpha value is -0.790. The lowest BCUT2D eigenvalue weighted by Crippen LogP contribution is -2.21. The van der Waals surface area contributed by atoms with Crippen LogP contribution >= 0.6 is 0 Å². The summed E-state index contributed by atoms with van der Waals surface area (Å²) in [5.41, 5.74) is 0.911. The summed E-state index contributed by atoms with van der Waals surface area (Å²) < 4.78 is 0. The van der Waals surface area contributed by atoms with Gasteiger partial charge in [-0.15, -0.1) is 0 Å². The molecule has 0 aromatic rings. The predicted octanol–water partition coefficient (Wildman–Crippen LogP) is 1.04. The monoisotopic (exact) mass is 127 g/mol. The van der Waals surface area contributed by atoms with Gasteiger partial charge in [0, 0.05) is 20.5 Å². The molecule has 0 atom stereocenters. The van der Waals surface area contributed by atoms with Crippen molar-refractivity contribution >= 4 is 5.91 Å². The van der Waals surface area contributed by atoms with Crippen LogP contribution < -0.4 is 0 Å². The molecule has 0 aliphatic carbocycles. The zero-order chi connectivity index (χ0) is 7.44. The highest BCUT2D eigenvalue weighted by Crippen LogP contribution is 1.96. The summed E-state index contributed by atoms with van der Waals surface area (Å²) in [6.07, 6.45) is 0.465. The molecule has 0 radical (unpaired) electrons. The van der Waals surface area contributed by atoms with E-state index in [0.717, 1.165) is 5.57 Å². The number of nitrogens with zero attached hydrogens (tertiary/aromatic N) is 1. The van der Waals surface area contributed by atoms with Gasteiger partial charge in [-0.25, -0.2) is 0 Å². The van der Waals surface area contributed by atoms with Gasteiger partial charge in [0.1, 0.15) is 0 Å². The first-order chi connectivity index (χ1) is 4.04. The minimum absolute atomic E-state index is 0.113. The zero-order valence-electron chi connectivity index (χ0n) is 6.27. The largest absolute Gasteiger partial charge is 0.349 e. The second-order valence-electron chi connectivity index (χ2n) is 2.42. The van der Waals surface area contributed by atoms with Gasteiger partial charge >= 0.3 is 0 Å². The molecule has 0 rings (SSSR count). The third kappa shape index (κ3) is 3.76. The maximum atomic E-state index is 10.8. The maximum absolute atomic E-state index is 10.8. The second-order valence-corrected chi connectivity index (χ2v) is 2.42. The maximum Gasteiger partial charge on any atom is 0.226 e. The lowest BCUT2D eigenvalue weighted by Gasteiger charge is -2.08. The highest BCUT2D eigenvalue weighted by Gasteiger charge is 2.01. The van der Waals surface area contributed by atoms with Crippen LogP contribution in [0.15, 0.2) is 12.2 Å². The quantitative estimate of drug-likeness (QED) is 0.507. The van der Waals surface area contributed by atoms with Gasteiger partial charge < -0.3 is 4.90 Å². The first kappa shape index (κ1) is 8.21. The molecule has 0 N–H and O–H groups in total. The van der Waals surface area contributed by atoms with E-state index in [1.165, 1.54) is 0 Å². The van der Waals surface area contributed by atoms with Crippen molar-refractivity contribution in [3.05, 3.63) is 12.2 Å². The van der Waals surface area contributed by atoms with Gasteiger partial charge in [0.05, 0.1) is 0 Å². The Kier molecular flexibility index (Phi) is 2.99. The van der Waals surface area contributed by atoms with E-state index in [1.54, 1.807) is 19.0 Å². The van der Waals surface area contributed by atoms with E-state index in [-0.39, 0.29) is 5.91 Å². The molecule has 0 aromatic carbocycles. The van der Waals surface area contributed by atoms with Crippen LogP contribution in [0.3, 0.4) is 0 Å². The number of hydrogen-bond donors (Lipinski definition) is 0. The Balaban J connectivity index is 3.64. The van der Waals surface area contributed by atoms with E-state index in [9.17, 15) is 4.79 Å². The molecule has 0 saturated carbocycles. The van der Waals surface area contributed by atoms with Crippen LogP contribution in [0.1, 0.15) is 13.3 Å². The SMILES string of the molecule is C=C(C)CC(=O)N(C)C. The molecule has 9 heavy (non-hydrogen) atoms. The van der Waals surface area contributed by atoms with E-state index >= 15 is 0 Å². The van der Waals surface area contributed by atoms with E-state index < -0.39 is 0 Å². The molecule has 0 aliphatic rings. The zero-order valence-corrected chi connectivity index (χ0v) is 6.27. The first-order valence-electron chi connectivity index (χ1n) is 2.88. The van der Waals surface area contributed by atoms with Crippen molar-refractivity contribution in [1.82, 2.24) is 4.90 Å². The number of rotatable bonds is 2. The topological polar surface area (TPSA) is 20.3 Å². The van der Waals surface area contributed by atoms with Crippen LogP contribution in [-0.2, 0) is 4.79 Å². The average molecular weight is 127 g/mol. The molecule has 0 aromatic heterocycles. The molecule has 0 spiro atoms. The number of carbonyl (C=O) groups is 1. The molecule has 0 unspecified atom stereocenters. The van der Waals surface area contributed by atoms with Gasteiger partial charge in [0.25, 0.3) is 0 Å². The summed E-state index contributed by atoms with van der Waals surface area (Å²) in [4.78, 5) is 12.4. The van der Waals surface area contributed by atoms with Gasteiger partial charge in [-0.3, -0.25) is 4.79 Å². The average Bonchev–Trinajstić information content (AvgIpc) is 1.63. The minimum atomic E-state index is 0.113. The first-order valence-corrected chi connectivity index (χ1v) is 2.88.